The van der Waals surface area contributed by atoms with Gasteiger partial charge in [0.1, 0.15) is 5.82 Å². The Kier molecular flexibility index (Phi) is 5.09. The maximum absolute atomic E-state index is 13.2. The zero-order valence-corrected chi connectivity index (χ0v) is 19.4. The van der Waals surface area contributed by atoms with Crippen LogP contribution in [0, 0.1) is 5.92 Å². The van der Waals surface area contributed by atoms with Crippen LogP contribution < -0.4 is 15.5 Å². The number of rotatable bonds is 6. The smallest absolute Gasteiger partial charge is 0.230 e. The quantitative estimate of drug-likeness (QED) is 0.663. The number of piperidine rings is 1. The molecule has 172 valence electrons. The fourth-order valence-electron chi connectivity index (χ4n) is 5.74. The van der Waals surface area contributed by atoms with Gasteiger partial charge in [-0.1, -0.05) is 23.7 Å². The lowest BCUT2D eigenvalue weighted by molar-refractivity contribution is -0.124. The Bertz CT molecular complexity index is 1050. The predicted molar refractivity (Wildman–Crippen MR) is 128 cm³/mol. The van der Waals surface area contributed by atoms with Gasteiger partial charge in [-0.15, -0.1) is 0 Å². The molecule has 0 radical (unpaired) electrons. The zero-order valence-electron chi connectivity index (χ0n) is 18.6. The number of carbonyl (C=O) groups is 2. The summed E-state index contributed by atoms with van der Waals surface area (Å²) in [5.74, 6) is 1.42. The lowest BCUT2D eigenvalue weighted by Gasteiger charge is -2.40. The van der Waals surface area contributed by atoms with Crippen LogP contribution in [0.5, 0.6) is 0 Å². The normalized spacial score (nSPS) is 27.2. The summed E-state index contributed by atoms with van der Waals surface area (Å²) < 4.78 is 0. The molecule has 2 bridgehead atoms. The number of halogens is 1. The molecule has 6 rings (SSSR count). The van der Waals surface area contributed by atoms with E-state index in [4.69, 9.17) is 11.6 Å². The first-order valence-corrected chi connectivity index (χ1v) is 12.5. The number of fused-ring (bicyclic) bond motifs is 2. The molecule has 1 aromatic heterocycles. The Hall–Kier alpha value is -2.60. The molecule has 7 heteroatoms. The highest BCUT2D eigenvalue weighted by Gasteiger charge is 2.52. The first-order chi connectivity index (χ1) is 16.0. The van der Waals surface area contributed by atoms with E-state index in [0.29, 0.717) is 17.1 Å². The van der Waals surface area contributed by atoms with Gasteiger partial charge in [-0.05, 0) is 81.2 Å². The largest absolute Gasteiger partial charge is 0.352 e. The van der Waals surface area contributed by atoms with Crippen LogP contribution in [0.3, 0.4) is 0 Å². The zero-order chi connectivity index (χ0) is 22.6. The summed E-state index contributed by atoms with van der Waals surface area (Å²) in [5, 5.41) is 7.05. The number of anilines is 2. The molecule has 4 aliphatic rings. The Balaban J connectivity index is 1.09. The average molecular weight is 465 g/mol. The van der Waals surface area contributed by atoms with Crippen molar-refractivity contribution in [3.05, 3.63) is 53.2 Å². The Morgan fingerprint density at radius 3 is 2.24 bits per heavy atom. The molecule has 2 aliphatic heterocycles. The van der Waals surface area contributed by atoms with Gasteiger partial charge in [0.15, 0.2) is 0 Å². The van der Waals surface area contributed by atoms with Crippen molar-refractivity contribution < 1.29 is 9.59 Å². The number of amides is 2. The lowest BCUT2D eigenvalue weighted by Crippen LogP contribution is -2.52. The van der Waals surface area contributed by atoms with Gasteiger partial charge in [-0.25, -0.2) is 4.98 Å². The third kappa shape index (κ3) is 3.99. The monoisotopic (exact) mass is 464 g/mol. The summed E-state index contributed by atoms with van der Waals surface area (Å²) >= 11 is 6.04. The van der Waals surface area contributed by atoms with Gasteiger partial charge in [0.25, 0.3) is 0 Å². The van der Waals surface area contributed by atoms with Crippen molar-refractivity contribution in [2.75, 3.05) is 10.2 Å². The fraction of sp³-hybridized carbons (Fsp3) is 0.500. The highest BCUT2D eigenvalue weighted by molar-refractivity contribution is 6.30. The molecule has 2 N–H and O–H groups in total. The van der Waals surface area contributed by atoms with Crippen molar-refractivity contribution in [3.63, 3.8) is 0 Å². The van der Waals surface area contributed by atoms with Gasteiger partial charge < -0.3 is 15.5 Å². The molecule has 3 heterocycles. The molecule has 2 aliphatic carbocycles. The second-order valence-corrected chi connectivity index (χ2v) is 10.6. The fourth-order valence-corrected chi connectivity index (χ4v) is 5.86. The number of hydrogen-bond acceptors (Lipinski definition) is 4. The SMILES string of the molecule is O=C(Nc1ccc(N2[C@@H]3CC[C@H]2CC(NC(=O)C2(c4ccc(Cl)cc4)CC2)C3)nc1)C1CC1. The predicted octanol–water partition coefficient (Wildman–Crippen LogP) is 4.43. The molecule has 0 spiro atoms. The van der Waals surface area contributed by atoms with Crippen molar-refractivity contribution in [1.82, 2.24) is 10.3 Å². The topological polar surface area (TPSA) is 74.3 Å². The Morgan fingerprint density at radius 1 is 0.970 bits per heavy atom. The van der Waals surface area contributed by atoms with Crippen LogP contribution >= 0.6 is 11.6 Å². The van der Waals surface area contributed by atoms with Crippen molar-refractivity contribution in [2.45, 2.75) is 74.9 Å². The number of benzene rings is 1. The molecule has 2 amide bonds. The van der Waals surface area contributed by atoms with Crippen LogP contribution in [0.4, 0.5) is 11.5 Å². The van der Waals surface area contributed by atoms with Crippen molar-refractivity contribution >= 4 is 34.9 Å². The van der Waals surface area contributed by atoms with E-state index in [1.54, 1.807) is 6.20 Å². The summed E-state index contributed by atoms with van der Waals surface area (Å²) in [6, 6.07) is 12.7. The van der Waals surface area contributed by atoms with E-state index >= 15 is 0 Å². The third-order valence-corrected chi connectivity index (χ3v) is 8.13. The highest BCUT2D eigenvalue weighted by Crippen LogP contribution is 2.49. The molecule has 1 aromatic carbocycles. The van der Waals surface area contributed by atoms with E-state index < -0.39 is 0 Å². The molecule has 33 heavy (non-hydrogen) atoms. The minimum absolute atomic E-state index is 0.105. The summed E-state index contributed by atoms with van der Waals surface area (Å²) in [5.41, 5.74) is 1.47. The van der Waals surface area contributed by atoms with E-state index in [0.717, 1.165) is 68.4 Å². The van der Waals surface area contributed by atoms with E-state index in [9.17, 15) is 9.59 Å². The third-order valence-electron chi connectivity index (χ3n) is 7.88. The molecule has 2 saturated carbocycles. The van der Waals surface area contributed by atoms with Gasteiger partial charge in [0.2, 0.25) is 11.8 Å². The first-order valence-electron chi connectivity index (χ1n) is 12.1. The maximum Gasteiger partial charge on any atom is 0.230 e. The van der Waals surface area contributed by atoms with Gasteiger partial charge in [-0.3, -0.25) is 9.59 Å². The van der Waals surface area contributed by atoms with Crippen molar-refractivity contribution in [3.8, 4) is 0 Å². The summed E-state index contributed by atoms with van der Waals surface area (Å²) in [6.45, 7) is 0. The molecule has 4 fully saturated rings. The van der Waals surface area contributed by atoms with Gasteiger partial charge in [0.05, 0.1) is 17.3 Å². The number of hydrogen-bond donors (Lipinski definition) is 2. The Morgan fingerprint density at radius 2 is 1.67 bits per heavy atom. The van der Waals surface area contributed by atoms with E-state index in [1.807, 2.05) is 36.4 Å². The standard InChI is InChI=1S/C26H29ClN4O2/c27-18-5-3-17(4-6-18)26(11-12-26)25(33)30-20-13-21-8-9-22(14-20)31(21)23-10-7-19(15-28-23)29-24(32)16-1-2-16/h3-7,10,15-16,20-22H,1-2,8-9,11-14H2,(H,29,32)(H,30,33)/t20?,21-,22+. The number of pyridine rings is 1. The summed E-state index contributed by atoms with van der Waals surface area (Å²) in [7, 11) is 0. The van der Waals surface area contributed by atoms with E-state index in [1.165, 1.54) is 0 Å². The second kappa shape index (κ2) is 8.01. The minimum Gasteiger partial charge on any atom is -0.352 e. The van der Waals surface area contributed by atoms with Crippen LogP contribution in [0.1, 0.15) is 56.9 Å². The second-order valence-electron chi connectivity index (χ2n) is 10.2. The molecule has 6 nitrogen and oxygen atoms in total. The Labute approximate surface area is 199 Å². The number of nitrogens with one attached hydrogen (secondary N) is 2. The molecule has 2 saturated heterocycles. The molecule has 3 atom stereocenters. The maximum atomic E-state index is 13.2. The van der Waals surface area contributed by atoms with Crippen LogP contribution in [0.2, 0.25) is 5.02 Å². The van der Waals surface area contributed by atoms with Gasteiger partial charge in [-0.2, -0.15) is 0 Å². The van der Waals surface area contributed by atoms with Crippen molar-refractivity contribution in [2.24, 2.45) is 5.92 Å². The van der Waals surface area contributed by atoms with Crippen molar-refractivity contribution in [1.29, 1.82) is 0 Å². The van der Waals surface area contributed by atoms with Gasteiger partial charge in [0, 0.05) is 29.1 Å². The minimum atomic E-state index is -0.372. The van der Waals surface area contributed by atoms with Crippen LogP contribution in [0.25, 0.3) is 0 Å². The van der Waals surface area contributed by atoms with Crippen LogP contribution in [0.15, 0.2) is 42.6 Å². The van der Waals surface area contributed by atoms with Crippen LogP contribution in [-0.2, 0) is 15.0 Å². The molecular formula is C26H29ClN4O2. The summed E-state index contributed by atoms with van der Waals surface area (Å²) in [6.07, 6.45) is 9.70. The number of nitrogens with zero attached hydrogens (tertiary/aromatic N) is 2. The molecule has 1 unspecified atom stereocenters. The highest BCUT2D eigenvalue weighted by atomic mass is 35.5. The van der Waals surface area contributed by atoms with Crippen LogP contribution in [-0.4, -0.2) is 34.9 Å². The van der Waals surface area contributed by atoms with E-state index in [2.05, 4.69) is 20.5 Å². The lowest BCUT2D eigenvalue weighted by atomic mass is 9.92. The summed E-state index contributed by atoms with van der Waals surface area (Å²) in [4.78, 5) is 32.3. The number of carbonyl (C=O) groups excluding carboxylic acids is 2. The molecular weight excluding hydrogens is 436 g/mol. The molecule has 2 aromatic rings. The van der Waals surface area contributed by atoms with Gasteiger partial charge >= 0.3 is 0 Å². The first kappa shape index (κ1) is 21.0. The average Bonchev–Trinajstić information content (AvgIpc) is 3.72. The number of aromatic nitrogens is 1. The van der Waals surface area contributed by atoms with E-state index in [-0.39, 0.29) is 29.2 Å².